The molecule has 2 rings (SSSR count). The van der Waals surface area contributed by atoms with E-state index in [9.17, 15) is 13.2 Å². The van der Waals surface area contributed by atoms with Crippen LogP contribution >= 0.6 is 0 Å². The van der Waals surface area contributed by atoms with Crippen LogP contribution in [0.1, 0.15) is 19.8 Å². The molecule has 6 nitrogen and oxygen atoms in total. The molecule has 21 heavy (non-hydrogen) atoms. The van der Waals surface area contributed by atoms with Crippen LogP contribution in [0.25, 0.3) is 0 Å². The molecule has 0 radical (unpaired) electrons. The van der Waals surface area contributed by atoms with Gasteiger partial charge in [-0.3, -0.25) is 4.79 Å². The molecule has 1 aliphatic rings. The van der Waals surface area contributed by atoms with Gasteiger partial charge in [0, 0.05) is 19.3 Å². The van der Waals surface area contributed by atoms with Crippen molar-refractivity contribution in [2.75, 3.05) is 30.4 Å². The molecule has 7 heteroatoms. The highest BCUT2D eigenvalue weighted by Crippen LogP contribution is 2.27. The van der Waals surface area contributed by atoms with E-state index in [-0.39, 0.29) is 16.5 Å². The molecule has 0 spiro atoms. The number of sulfone groups is 1. The lowest BCUT2D eigenvalue weighted by molar-refractivity contribution is -0.130. The van der Waals surface area contributed by atoms with Gasteiger partial charge in [-0.05, 0) is 31.9 Å². The van der Waals surface area contributed by atoms with Gasteiger partial charge >= 0.3 is 0 Å². The van der Waals surface area contributed by atoms with Gasteiger partial charge in [0.15, 0.2) is 9.84 Å². The molecule has 3 N–H and O–H groups in total. The van der Waals surface area contributed by atoms with Crippen molar-refractivity contribution >= 4 is 27.1 Å². The van der Waals surface area contributed by atoms with Crippen LogP contribution in [0.3, 0.4) is 0 Å². The average Bonchev–Trinajstić information content (AvgIpc) is 2.92. The fourth-order valence-corrected chi connectivity index (χ4v) is 3.33. The predicted molar refractivity (Wildman–Crippen MR) is 82.9 cm³/mol. The van der Waals surface area contributed by atoms with E-state index < -0.39 is 15.9 Å². The first-order chi connectivity index (χ1) is 9.80. The van der Waals surface area contributed by atoms with Crippen LogP contribution in [0.2, 0.25) is 0 Å². The molecule has 1 aliphatic heterocycles. The molecule has 1 fully saturated rings. The van der Waals surface area contributed by atoms with E-state index >= 15 is 0 Å². The van der Waals surface area contributed by atoms with E-state index in [0.717, 1.165) is 32.2 Å². The summed E-state index contributed by atoms with van der Waals surface area (Å²) in [4.78, 5) is 14.1. The quantitative estimate of drug-likeness (QED) is 0.812. The largest absolute Gasteiger partial charge is 0.396 e. The van der Waals surface area contributed by atoms with E-state index in [4.69, 9.17) is 5.73 Å². The Morgan fingerprint density at radius 2 is 1.95 bits per heavy atom. The van der Waals surface area contributed by atoms with E-state index in [1.54, 1.807) is 19.1 Å². The highest BCUT2D eigenvalue weighted by Gasteiger charge is 2.24. The summed E-state index contributed by atoms with van der Waals surface area (Å²) in [7, 11) is -3.39. The second-order valence-electron chi connectivity index (χ2n) is 5.39. The number of likely N-dealkylation sites (tertiary alicyclic amines) is 1. The van der Waals surface area contributed by atoms with Crippen LogP contribution in [0.5, 0.6) is 0 Å². The number of para-hydroxylation sites is 1. The number of hydrogen-bond acceptors (Lipinski definition) is 5. The van der Waals surface area contributed by atoms with Gasteiger partial charge in [0.1, 0.15) is 6.04 Å². The average molecular weight is 311 g/mol. The van der Waals surface area contributed by atoms with Crippen molar-refractivity contribution in [3.63, 3.8) is 0 Å². The molecule has 0 aliphatic carbocycles. The van der Waals surface area contributed by atoms with Crippen molar-refractivity contribution in [3.8, 4) is 0 Å². The summed E-state index contributed by atoms with van der Waals surface area (Å²) in [6, 6.07) is 4.31. The number of nitrogen functional groups attached to an aromatic ring is 1. The van der Waals surface area contributed by atoms with E-state index in [1.165, 1.54) is 6.07 Å². The van der Waals surface area contributed by atoms with Gasteiger partial charge in [0.05, 0.1) is 16.3 Å². The van der Waals surface area contributed by atoms with Gasteiger partial charge in [-0.15, -0.1) is 0 Å². The first-order valence-corrected chi connectivity index (χ1v) is 8.83. The zero-order valence-electron chi connectivity index (χ0n) is 12.3. The van der Waals surface area contributed by atoms with Gasteiger partial charge in [0.25, 0.3) is 0 Å². The number of benzene rings is 1. The summed E-state index contributed by atoms with van der Waals surface area (Å²) in [6.45, 7) is 3.32. The van der Waals surface area contributed by atoms with Gasteiger partial charge in [-0.1, -0.05) is 6.07 Å². The molecule has 1 saturated heterocycles. The zero-order chi connectivity index (χ0) is 15.6. The van der Waals surface area contributed by atoms with E-state index in [0.29, 0.717) is 5.69 Å². The van der Waals surface area contributed by atoms with Crippen molar-refractivity contribution in [2.45, 2.75) is 30.7 Å². The molecule has 116 valence electrons. The maximum Gasteiger partial charge on any atom is 0.244 e. The van der Waals surface area contributed by atoms with Crippen LogP contribution in [0.15, 0.2) is 23.1 Å². The Balaban J connectivity index is 2.18. The lowest BCUT2D eigenvalue weighted by Crippen LogP contribution is -2.39. The molecule has 0 aromatic heterocycles. The SMILES string of the molecule is CC(Nc1cccc(S(C)(=O)=O)c1N)C(=O)N1CCCC1. The molecular formula is C14H21N3O3S. The summed E-state index contributed by atoms with van der Waals surface area (Å²) in [5.74, 6) is 0.0108. The van der Waals surface area contributed by atoms with Gasteiger partial charge < -0.3 is 16.0 Å². The number of hydrogen-bond donors (Lipinski definition) is 2. The first-order valence-electron chi connectivity index (χ1n) is 6.94. The molecule has 1 unspecified atom stereocenters. The number of carbonyl (C=O) groups excluding carboxylic acids is 1. The van der Waals surface area contributed by atoms with Gasteiger partial charge in [-0.2, -0.15) is 0 Å². The first kappa shape index (κ1) is 15.6. The Bertz CT molecular complexity index is 637. The number of anilines is 2. The van der Waals surface area contributed by atoms with Crippen molar-refractivity contribution in [3.05, 3.63) is 18.2 Å². The third-order valence-corrected chi connectivity index (χ3v) is 4.78. The van der Waals surface area contributed by atoms with Crippen LogP contribution in [-0.4, -0.2) is 44.6 Å². The zero-order valence-corrected chi connectivity index (χ0v) is 13.1. The van der Waals surface area contributed by atoms with Crippen molar-refractivity contribution < 1.29 is 13.2 Å². The number of nitrogens with two attached hydrogens (primary N) is 1. The highest BCUT2D eigenvalue weighted by atomic mass is 32.2. The standard InChI is InChI=1S/C14H21N3O3S/c1-10(14(18)17-8-3-4-9-17)16-11-6-5-7-12(13(11)15)21(2,19)20/h5-7,10,16H,3-4,8-9,15H2,1-2H3. The molecule has 1 aromatic rings. The minimum atomic E-state index is -3.39. The Hall–Kier alpha value is -1.76. The summed E-state index contributed by atoms with van der Waals surface area (Å²) < 4.78 is 23.3. The van der Waals surface area contributed by atoms with Crippen molar-refractivity contribution in [1.29, 1.82) is 0 Å². The Kier molecular flexibility index (Phi) is 4.41. The topological polar surface area (TPSA) is 92.5 Å². The predicted octanol–water partition coefficient (Wildman–Crippen LogP) is 1.10. The molecule has 1 heterocycles. The third-order valence-electron chi connectivity index (χ3n) is 3.63. The minimum absolute atomic E-state index is 0.0108. The van der Waals surface area contributed by atoms with Gasteiger partial charge in [-0.25, -0.2) is 8.42 Å². The Labute approximate surface area is 125 Å². The number of nitrogens with one attached hydrogen (secondary N) is 1. The number of amides is 1. The third kappa shape index (κ3) is 3.47. The second-order valence-corrected chi connectivity index (χ2v) is 7.37. The van der Waals surface area contributed by atoms with Crippen molar-refractivity contribution in [2.24, 2.45) is 0 Å². The fraction of sp³-hybridized carbons (Fsp3) is 0.500. The highest BCUT2D eigenvalue weighted by molar-refractivity contribution is 7.90. The van der Waals surface area contributed by atoms with Crippen LogP contribution < -0.4 is 11.1 Å². The molecular weight excluding hydrogens is 290 g/mol. The Morgan fingerprint density at radius 1 is 1.33 bits per heavy atom. The number of rotatable bonds is 4. The minimum Gasteiger partial charge on any atom is -0.396 e. The summed E-state index contributed by atoms with van der Waals surface area (Å²) in [5, 5.41) is 3.02. The molecule has 1 amide bonds. The van der Waals surface area contributed by atoms with Gasteiger partial charge in [0.2, 0.25) is 5.91 Å². The van der Waals surface area contributed by atoms with Crippen LogP contribution in [0, 0.1) is 0 Å². The molecule has 0 saturated carbocycles. The number of nitrogens with zero attached hydrogens (tertiary/aromatic N) is 1. The number of carbonyl (C=O) groups is 1. The maximum atomic E-state index is 12.2. The summed E-state index contributed by atoms with van der Waals surface area (Å²) in [6.07, 6.45) is 3.18. The smallest absolute Gasteiger partial charge is 0.244 e. The fourth-order valence-electron chi connectivity index (χ4n) is 2.50. The normalized spacial score (nSPS) is 16.8. The lowest BCUT2D eigenvalue weighted by Gasteiger charge is -2.22. The lowest BCUT2D eigenvalue weighted by atomic mass is 10.2. The molecule has 1 aromatic carbocycles. The van der Waals surface area contributed by atoms with Crippen LogP contribution in [0.4, 0.5) is 11.4 Å². The van der Waals surface area contributed by atoms with Crippen LogP contribution in [-0.2, 0) is 14.6 Å². The van der Waals surface area contributed by atoms with Crippen molar-refractivity contribution in [1.82, 2.24) is 4.90 Å². The Morgan fingerprint density at radius 3 is 2.52 bits per heavy atom. The summed E-state index contributed by atoms with van der Waals surface area (Å²) in [5.41, 5.74) is 6.53. The monoisotopic (exact) mass is 311 g/mol. The second kappa shape index (κ2) is 5.93. The molecule has 0 bridgehead atoms. The summed E-state index contributed by atoms with van der Waals surface area (Å²) >= 11 is 0. The maximum absolute atomic E-state index is 12.2. The van der Waals surface area contributed by atoms with E-state index in [2.05, 4.69) is 5.32 Å². The molecule has 1 atom stereocenters. The van der Waals surface area contributed by atoms with E-state index in [1.807, 2.05) is 4.90 Å².